The average molecular weight is 328 g/mol. The van der Waals surface area contributed by atoms with Gasteiger partial charge in [-0.1, -0.05) is 11.6 Å². The van der Waals surface area contributed by atoms with Crippen LogP contribution in [0.4, 0.5) is 11.6 Å². The summed E-state index contributed by atoms with van der Waals surface area (Å²) in [5, 5.41) is -0.189. The highest BCUT2D eigenvalue weighted by molar-refractivity contribution is 6.31. The minimum Gasteiger partial charge on any atom is -0.382 e. The van der Waals surface area contributed by atoms with Crippen LogP contribution in [0.25, 0.3) is 0 Å². The van der Waals surface area contributed by atoms with Gasteiger partial charge in [0.15, 0.2) is 22.5 Å². The number of nitrogens with two attached hydrogens (primary N) is 2. The Kier molecular flexibility index (Phi) is 5.08. The number of ketones is 1. The number of halogens is 1. The van der Waals surface area contributed by atoms with E-state index < -0.39 is 23.8 Å². The van der Waals surface area contributed by atoms with Gasteiger partial charge < -0.3 is 11.5 Å². The summed E-state index contributed by atoms with van der Waals surface area (Å²) in [6.45, 7) is 6.19. The fourth-order valence-electron chi connectivity index (χ4n) is 1.79. The summed E-state index contributed by atoms with van der Waals surface area (Å²) in [5.41, 5.74) is 9.92. The van der Waals surface area contributed by atoms with E-state index in [0.717, 1.165) is 4.90 Å². The molecule has 0 aliphatic carbocycles. The Morgan fingerprint density at radius 3 is 2.14 bits per heavy atom. The van der Waals surface area contributed by atoms with Crippen LogP contribution in [-0.4, -0.2) is 38.0 Å². The Morgan fingerprint density at radius 1 is 1.14 bits per heavy atom. The van der Waals surface area contributed by atoms with Gasteiger partial charge >= 0.3 is 0 Å². The lowest BCUT2D eigenvalue weighted by Gasteiger charge is -2.33. The molecule has 0 atom stereocenters. The number of carbonyl (C=O) groups excluding carboxylic acids is 3. The zero-order valence-corrected chi connectivity index (χ0v) is 13.6. The molecule has 120 valence electrons. The predicted octanol–water partition coefficient (Wildman–Crippen LogP) is 1.04. The number of hydrogen-bond donors (Lipinski definition) is 2. The Hall–Kier alpha value is -2.22. The van der Waals surface area contributed by atoms with Gasteiger partial charge in [0.2, 0.25) is 5.91 Å². The maximum atomic E-state index is 12.6. The van der Waals surface area contributed by atoms with Gasteiger partial charge in [0, 0.05) is 5.54 Å². The molecule has 9 heteroatoms. The lowest BCUT2D eigenvalue weighted by atomic mass is 10.0. The third kappa shape index (κ3) is 3.91. The maximum absolute atomic E-state index is 12.6. The molecule has 0 saturated carbocycles. The van der Waals surface area contributed by atoms with E-state index in [4.69, 9.17) is 23.1 Å². The van der Waals surface area contributed by atoms with E-state index in [1.54, 1.807) is 20.8 Å². The highest BCUT2D eigenvalue weighted by Gasteiger charge is 2.35. The first-order valence-corrected chi connectivity index (χ1v) is 6.78. The number of anilines is 2. The van der Waals surface area contributed by atoms with Crippen molar-refractivity contribution in [3.05, 3.63) is 10.8 Å². The van der Waals surface area contributed by atoms with E-state index in [0.29, 0.717) is 0 Å². The number of hydrogen-bond acceptors (Lipinski definition) is 7. The van der Waals surface area contributed by atoms with Crippen molar-refractivity contribution in [3.63, 3.8) is 0 Å². The van der Waals surface area contributed by atoms with Crippen molar-refractivity contribution in [3.8, 4) is 0 Å². The normalized spacial score (nSPS) is 11.1. The standard InChI is InChI=1S/C13H18ClN5O3/c1-6(20)5-7(21)19(13(2,3)4)12(22)8-10(15)18-11(16)9(14)17-8/h5H2,1-4H3,(H4,15,16,18). The molecule has 0 radical (unpaired) electrons. The van der Waals surface area contributed by atoms with Crippen LogP contribution in [0.2, 0.25) is 5.15 Å². The largest absolute Gasteiger partial charge is 0.382 e. The van der Waals surface area contributed by atoms with Crippen LogP contribution in [0.3, 0.4) is 0 Å². The summed E-state index contributed by atoms with van der Waals surface area (Å²) in [7, 11) is 0. The fraction of sp³-hybridized carbons (Fsp3) is 0.462. The first-order valence-electron chi connectivity index (χ1n) is 6.40. The van der Waals surface area contributed by atoms with Crippen LogP contribution < -0.4 is 11.5 Å². The quantitative estimate of drug-likeness (QED) is 0.792. The lowest BCUT2D eigenvalue weighted by molar-refractivity contribution is -0.135. The average Bonchev–Trinajstić information content (AvgIpc) is 2.30. The molecular weight excluding hydrogens is 310 g/mol. The van der Waals surface area contributed by atoms with Crippen molar-refractivity contribution in [1.82, 2.24) is 14.9 Å². The number of Topliss-reactive ketones (excluding diaryl/α,β-unsaturated/α-hetero) is 1. The second kappa shape index (κ2) is 6.27. The van der Waals surface area contributed by atoms with Crippen LogP contribution in [0.15, 0.2) is 0 Å². The minimum absolute atomic E-state index is 0.118. The van der Waals surface area contributed by atoms with Gasteiger partial charge in [-0.25, -0.2) is 9.97 Å². The van der Waals surface area contributed by atoms with Gasteiger partial charge in [0.25, 0.3) is 5.91 Å². The number of amides is 2. The summed E-state index contributed by atoms with van der Waals surface area (Å²) in [5.74, 6) is -2.16. The van der Waals surface area contributed by atoms with Crippen molar-refractivity contribution in [2.24, 2.45) is 0 Å². The van der Waals surface area contributed by atoms with E-state index in [9.17, 15) is 14.4 Å². The van der Waals surface area contributed by atoms with Gasteiger partial charge in [0.1, 0.15) is 5.78 Å². The second-order valence-corrected chi connectivity index (χ2v) is 6.08. The lowest BCUT2D eigenvalue weighted by Crippen LogP contribution is -2.50. The van der Waals surface area contributed by atoms with Crippen LogP contribution in [0.5, 0.6) is 0 Å². The highest BCUT2D eigenvalue weighted by Crippen LogP contribution is 2.23. The molecule has 1 heterocycles. The predicted molar refractivity (Wildman–Crippen MR) is 82.1 cm³/mol. The van der Waals surface area contributed by atoms with Crippen LogP contribution in [0, 0.1) is 0 Å². The molecule has 0 aliphatic heterocycles. The molecule has 1 rings (SSSR count). The van der Waals surface area contributed by atoms with Crippen LogP contribution >= 0.6 is 11.6 Å². The summed E-state index contributed by atoms with van der Waals surface area (Å²) in [6, 6.07) is 0. The SMILES string of the molecule is CC(=O)CC(=O)N(C(=O)c1nc(Cl)c(N)nc1N)C(C)(C)C. The zero-order chi connectivity index (χ0) is 17.2. The Balaban J connectivity index is 3.32. The molecule has 0 bridgehead atoms. The molecule has 8 nitrogen and oxygen atoms in total. The first-order chi connectivity index (χ1) is 9.95. The molecule has 0 fully saturated rings. The van der Waals surface area contributed by atoms with Gasteiger partial charge in [-0.3, -0.25) is 19.3 Å². The topological polar surface area (TPSA) is 132 Å². The third-order valence-electron chi connectivity index (χ3n) is 2.63. The fourth-order valence-corrected chi connectivity index (χ4v) is 1.92. The number of aromatic nitrogens is 2. The van der Waals surface area contributed by atoms with Crippen molar-refractivity contribution in [1.29, 1.82) is 0 Å². The summed E-state index contributed by atoms with van der Waals surface area (Å²) in [4.78, 5) is 44.4. The zero-order valence-electron chi connectivity index (χ0n) is 12.8. The number of nitrogens with zero attached hydrogens (tertiary/aromatic N) is 3. The van der Waals surface area contributed by atoms with Gasteiger partial charge in [0.05, 0.1) is 6.42 Å². The van der Waals surface area contributed by atoms with Crippen molar-refractivity contribution < 1.29 is 14.4 Å². The van der Waals surface area contributed by atoms with E-state index in [1.807, 2.05) is 0 Å². The van der Waals surface area contributed by atoms with E-state index in [-0.39, 0.29) is 28.3 Å². The summed E-state index contributed by atoms with van der Waals surface area (Å²) in [6.07, 6.45) is -0.404. The first kappa shape index (κ1) is 17.8. The third-order valence-corrected chi connectivity index (χ3v) is 2.91. The van der Waals surface area contributed by atoms with Gasteiger partial charge in [-0.15, -0.1) is 0 Å². The highest BCUT2D eigenvalue weighted by atomic mass is 35.5. The molecule has 1 aromatic heterocycles. The van der Waals surface area contributed by atoms with E-state index in [2.05, 4.69) is 9.97 Å². The molecule has 1 aromatic rings. The molecule has 0 aromatic carbocycles. The second-order valence-electron chi connectivity index (χ2n) is 5.72. The van der Waals surface area contributed by atoms with Gasteiger partial charge in [-0.2, -0.15) is 0 Å². The number of rotatable bonds is 3. The summed E-state index contributed by atoms with van der Waals surface area (Å²) < 4.78 is 0. The van der Waals surface area contributed by atoms with Crippen molar-refractivity contribution in [2.75, 3.05) is 11.5 Å². The number of imide groups is 1. The monoisotopic (exact) mass is 327 g/mol. The molecular formula is C13H18ClN5O3. The smallest absolute Gasteiger partial charge is 0.283 e. The Labute approximate surface area is 132 Å². The van der Waals surface area contributed by atoms with Crippen molar-refractivity contribution >= 4 is 40.8 Å². The molecule has 4 N–H and O–H groups in total. The number of nitrogen functional groups attached to an aromatic ring is 2. The number of carbonyl (C=O) groups is 3. The van der Waals surface area contributed by atoms with Crippen LogP contribution in [-0.2, 0) is 9.59 Å². The van der Waals surface area contributed by atoms with Crippen molar-refractivity contribution in [2.45, 2.75) is 39.7 Å². The Morgan fingerprint density at radius 2 is 1.68 bits per heavy atom. The van der Waals surface area contributed by atoms with Crippen LogP contribution in [0.1, 0.15) is 44.6 Å². The van der Waals surface area contributed by atoms with E-state index >= 15 is 0 Å². The molecule has 0 saturated heterocycles. The molecule has 22 heavy (non-hydrogen) atoms. The molecule has 2 amide bonds. The van der Waals surface area contributed by atoms with E-state index in [1.165, 1.54) is 6.92 Å². The minimum atomic E-state index is -0.883. The molecule has 0 aliphatic rings. The van der Waals surface area contributed by atoms with Gasteiger partial charge in [-0.05, 0) is 27.7 Å². The molecule has 0 spiro atoms. The Bertz CT molecular complexity index is 639. The summed E-state index contributed by atoms with van der Waals surface area (Å²) >= 11 is 5.75. The molecule has 0 unspecified atom stereocenters. The maximum Gasteiger partial charge on any atom is 0.283 e.